The van der Waals surface area contributed by atoms with Crippen molar-refractivity contribution >= 4 is 0 Å². The Hall–Kier alpha value is -0.160. The van der Waals surface area contributed by atoms with Gasteiger partial charge < -0.3 is 20.9 Å². The summed E-state index contributed by atoms with van der Waals surface area (Å²) in [5.74, 6) is 1.36. The summed E-state index contributed by atoms with van der Waals surface area (Å²) in [6.07, 6.45) is 6.37. The first-order valence-electron chi connectivity index (χ1n) is 9.08. The average molecular weight is 317 g/mol. The smallest absolute Gasteiger partial charge is 0.0700 e. The first-order chi connectivity index (χ1) is 10.4. The molecule has 2 atom stereocenters. The summed E-state index contributed by atoms with van der Waals surface area (Å²) in [5.41, 5.74) is 12.1. The Balaban J connectivity index is 3.21. The van der Waals surface area contributed by atoms with Gasteiger partial charge in [0.25, 0.3) is 0 Å². The van der Waals surface area contributed by atoms with Crippen LogP contribution >= 0.6 is 0 Å². The molecule has 2 unspecified atom stereocenters. The summed E-state index contributed by atoms with van der Waals surface area (Å²) in [6.45, 7) is 11.8. The van der Waals surface area contributed by atoms with Gasteiger partial charge in [-0.2, -0.15) is 0 Å². The number of ether oxygens (including phenoxy) is 2. The quantitative estimate of drug-likeness (QED) is 0.455. The summed E-state index contributed by atoms with van der Waals surface area (Å²) in [4.78, 5) is 0. The highest BCUT2D eigenvalue weighted by molar-refractivity contribution is 4.64. The van der Waals surface area contributed by atoms with Crippen molar-refractivity contribution in [2.45, 2.75) is 78.3 Å². The van der Waals surface area contributed by atoms with Crippen molar-refractivity contribution in [3.63, 3.8) is 0 Å². The summed E-state index contributed by atoms with van der Waals surface area (Å²) >= 11 is 0. The van der Waals surface area contributed by atoms with Crippen LogP contribution in [0.5, 0.6) is 0 Å². The molecule has 0 heterocycles. The molecule has 0 aromatic rings. The van der Waals surface area contributed by atoms with E-state index in [2.05, 4.69) is 27.7 Å². The molecule has 0 bridgehead atoms. The Kier molecular flexibility index (Phi) is 14.3. The van der Waals surface area contributed by atoms with Crippen LogP contribution in [0, 0.1) is 11.8 Å². The summed E-state index contributed by atoms with van der Waals surface area (Å²) in [6, 6.07) is 0.629. The highest BCUT2D eigenvalue weighted by atomic mass is 16.5. The molecule has 4 heteroatoms. The zero-order chi connectivity index (χ0) is 16.8. The lowest BCUT2D eigenvalue weighted by Gasteiger charge is -2.14. The van der Waals surface area contributed by atoms with E-state index in [0.717, 1.165) is 51.7 Å². The van der Waals surface area contributed by atoms with Crippen LogP contribution in [0.25, 0.3) is 0 Å². The van der Waals surface area contributed by atoms with Gasteiger partial charge in [0.2, 0.25) is 0 Å². The zero-order valence-electron chi connectivity index (χ0n) is 15.4. The van der Waals surface area contributed by atoms with E-state index >= 15 is 0 Å². The van der Waals surface area contributed by atoms with Crippen molar-refractivity contribution in [1.82, 2.24) is 0 Å². The van der Waals surface area contributed by atoms with Gasteiger partial charge in [-0.15, -0.1) is 0 Å². The van der Waals surface area contributed by atoms with Crippen molar-refractivity contribution in [3.05, 3.63) is 0 Å². The predicted molar refractivity (Wildman–Crippen MR) is 95.0 cm³/mol. The molecule has 4 nitrogen and oxygen atoms in total. The van der Waals surface area contributed by atoms with Gasteiger partial charge in [0.15, 0.2) is 0 Å². The summed E-state index contributed by atoms with van der Waals surface area (Å²) in [7, 11) is 0. The molecule has 0 radical (unpaired) electrons. The molecule has 22 heavy (non-hydrogen) atoms. The van der Waals surface area contributed by atoms with Crippen LogP contribution < -0.4 is 11.5 Å². The molecule has 0 spiro atoms. The molecular formula is C18H40N2O2. The lowest BCUT2D eigenvalue weighted by molar-refractivity contribution is 0.0441. The maximum absolute atomic E-state index is 6.03. The predicted octanol–water partition coefficient (Wildman–Crippen LogP) is 3.33. The molecule has 0 aromatic heterocycles. The van der Waals surface area contributed by atoms with Crippen molar-refractivity contribution in [2.24, 2.45) is 23.3 Å². The molecule has 134 valence electrons. The molecule has 4 N–H and O–H groups in total. The van der Waals surface area contributed by atoms with Gasteiger partial charge in [-0.05, 0) is 50.4 Å². The van der Waals surface area contributed by atoms with E-state index in [0.29, 0.717) is 37.1 Å². The van der Waals surface area contributed by atoms with Gasteiger partial charge in [0, 0.05) is 25.3 Å². The summed E-state index contributed by atoms with van der Waals surface area (Å²) in [5, 5.41) is 0. The van der Waals surface area contributed by atoms with Crippen LogP contribution in [-0.2, 0) is 9.47 Å². The number of hydrogen-bond acceptors (Lipinski definition) is 4. The highest BCUT2D eigenvalue weighted by Gasteiger charge is 2.05. The van der Waals surface area contributed by atoms with E-state index in [-0.39, 0.29) is 0 Å². The molecule has 0 aliphatic rings. The Morgan fingerprint density at radius 2 is 1.00 bits per heavy atom. The molecule has 0 aliphatic carbocycles. The molecule has 0 fully saturated rings. The van der Waals surface area contributed by atoms with Gasteiger partial charge in [-0.3, -0.25) is 0 Å². The van der Waals surface area contributed by atoms with Crippen molar-refractivity contribution in [2.75, 3.05) is 26.4 Å². The fraction of sp³-hybridized carbons (Fsp3) is 1.00. The Morgan fingerprint density at radius 1 is 0.636 bits per heavy atom. The lowest BCUT2D eigenvalue weighted by Crippen LogP contribution is -2.22. The van der Waals surface area contributed by atoms with E-state index in [9.17, 15) is 0 Å². The average Bonchev–Trinajstić information content (AvgIpc) is 2.39. The largest absolute Gasteiger partial charge is 0.379 e. The highest BCUT2D eigenvalue weighted by Crippen LogP contribution is 2.08. The third-order valence-corrected chi connectivity index (χ3v) is 3.65. The van der Waals surface area contributed by atoms with E-state index in [1.54, 1.807) is 0 Å². The fourth-order valence-electron chi connectivity index (χ4n) is 2.66. The van der Waals surface area contributed by atoms with Gasteiger partial charge in [-0.1, -0.05) is 27.7 Å². The SMILES string of the molecule is CC(C)CC(N)CCCOCCOCCCC(N)CC(C)C. The van der Waals surface area contributed by atoms with Crippen molar-refractivity contribution in [3.8, 4) is 0 Å². The number of rotatable bonds is 15. The molecule has 0 saturated heterocycles. The molecule has 0 saturated carbocycles. The van der Waals surface area contributed by atoms with E-state index in [1.165, 1.54) is 0 Å². The standard InChI is InChI=1S/C18H40N2O2/c1-15(2)13-17(19)7-5-9-21-11-12-22-10-6-8-18(20)14-16(3)4/h15-18H,5-14,19-20H2,1-4H3. The first kappa shape index (κ1) is 21.8. The van der Waals surface area contributed by atoms with Crippen LogP contribution in [0.1, 0.15) is 66.2 Å². The Bertz CT molecular complexity index is 211. The van der Waals surface area contributed by atoms with E-state index < -0.39 is 0 Å². The maximum Gasteiger partial charge on any atom is 0.0700 e. The second kappa shape index (κ2) is 14.4. The van der Waals surface area contributed by atoms with Gasteiger partial charge >= 0.3 is 0 Å². The molecule has 0 aliphatic heterocycles. The van der Waals surface area contributed by atoms with Crippen LogP contribution in [0.4, 0.5) is 0 Å². The lowest BCUT2D eigenvalue weighted by atomic mass is 10.0. The van der Waals surface area contributed by atoms with Gasteiger partial charge in [0.1, 0.15) is 0 Å². The van der Waals surface area contributed by atoms with Crippen molar-refractivity contribution in [1.29, 1.82) is 0 Å². The van der Waals surface area contributed by atoms with Crippen LogP contribution in [-0.4, -0.2) is 38.5 Å². The number of hydrogen-bond donors (Lipinski definition) is 2. The van der Waals surface area contributed by atoms with Gasteiger partial charge in [-0.25, -0.2) is 0 Å². The van der Waals surface area contributed by atoms with E-state index in [4.69, 9.17) is 20.9 Å². The third-order valence-electron chi connectivity index (χ3n) is 3.65. The number of nitrogens with two attached hydrogens (primary N) is 2. The van der Waals surface area contributed by atoms with Gasteiger partial charge in [0.05, 0.1) is 13.2 Å². The maximum atomic E-state index is 6.03. The molecular weight excluding hydrogens is 276 g/mol. The monoisotopic (exact) mass is 316 g/mol. The van der Waals surface area contributed by atoms with Crippen LogP contribution in [0.15, 0.2) is 0 Å². The molecule has 0 aromatic carbocycles. The minimum atomic E-state index is 0.315. The Morgan fingerprint density at radius 3 is 1.32 bits per heavy atom. The normalized spacial score (nSPS) is 14.7. The zero-order valence-corrected chi connectivity index (χ0v) is 15.4. The summed E-state index contributed by atoms with van der Waals surface area (Å²) < 4.78 is 11.1. The topological polar surface area (TPSA) is 70.5 Å². The van der Waals surface area contributed by atoms with Crippen LogP contribution in [0.2, 0.25) is 0 Å². The third kappa shape index (κ3) is 16.2. The van der Waals surface area contributed by atoms with Crippen molar-refractivity contribution < 1.29 is 9.47 Å². The fourth-order valence-corrected chi connectivity index (χ4v) is 2.66. The van der Waals surface area contributed by atoms with E-state index in [1.807, 2.05) is 0 Å². The molecule has 0 amide bonds. The second-order valence-electron chi connectivity index (χ2n) is 7.29. The first-order valence-corrected chi connectivity index (χ1v) is 9.08. The molecule has 0 rings (SSSR count). The van der Waals surface area contributed by atoms with Crippen LogP contribution in [0.3, 0.4) is 0 Å². The minimum absolute atomic E-state index is 0.315. The minimum Gasteiger partial charge on any atom is -0.379 e. The second-order valence-corrected chi connectivity index (χ2v) is 7.29. The Labute approximate surface area is 138 Å².